The minimum absolute atomic E-state index is 0.263. The number of imidazole rings is 1. The van der Waals surface area contributed by atoms with Crippen LogP contribution in [0.5, 0.6) is 0 Å². The van der Waals surface area contributed by atoms with E-state index in [9.17, 15) is 14.3 Å². The molecular formula is C24H26BrFN4O2. The Kier molecular flexibility index (Phi) is 5.45. The van der Waals surface area contributed by atoms with Crippen LogP contribution in [0.2, 0.25) is 0 Å². The van der Waals surface area contributed by atoms with Crippen LogP contribution in [0.15, 0.2) is 46.9 Å². The molecule has 3 aromatic rings. The number of nitrogens with one attached hydrogen (secondary N) is 3. The lowest BCUT2D eigenvalue weighted by atomic mass is 9.63. The van der Waals surface area contributed by atoms with Crippen LogP contribution in [-0.2, 0) is 6.42 Å². The van der Waals surface area contributed by atoms with Crippen LogP contribution in [0.4, 0.5) is 9.18 Å². The minimum Gasteiger partial charge on any atom is -0.390 e. The number of benzene rings is 2. The van der Waals surface area contributed by atoms with E-state index in [2.05, 4.69) is 36.5 Å². The third kappa shape index (κ3) is 4.26. The Balaban J connectivity index is 1.38. The Hall–Kier alpha value is -2.45. The molecule has 0 aliphatic heterocycles. The summed E-state index contributed by atoms with van der Waals surface area (Å²) >= 11 is 3.29. The predicted octanol–water partition coefficient (Wildman–Crippen LogP) is 4.89. The van der Waals surface area contributed by atoms with Crippen LogP contribution < -0.4 is 10.6 Å². The van der Waals surface area contributed by atoms with Gasteiger partial charge in [-0.2, -0.15) is 0 Å². The van der Waals surface area contributed by atoms with E-state index >= 15 is 0 Å². The highest BCUT2D eigenvalue weighted by molar-refractivity contribution is 9.10. The number of carbonyl (C=O) groups is 1. The summed E-state index contributed by atoms with van der Waals surface area (Å²) in [6.07, 6.45) is 4.72. The SMILES string of the molecule is O=C(NC(Cc1ccc(Br)cc1F)c1nc2ccccc2[nH]1)NC12CCC(O)(CC1)CC2. The fourth-order valence-electron chi connectivity index (χ4n) is 5.05. The van der Waals surface area contributed by atoms with Gasteiger partial charge in [0.1, 0.15) is 11.6 Å². The summed E-state index contributed by atoms with van der Waals surface area (Å²) < 4.78 is 15.3. The molecule has 3 aliphatic rings. The molecule has 6 rings (SSSR count). The zero-order valence-electron chi connectivity index (χ0n) is 17.6. The predicted molar refractivity (Wildman–Crippen MR) is 124 cm³/mol. The van der Waals surface area contributed by atoms with Gasteiger partial charge >= 0.3 is 6.03 Å². The van der Waals surface area contributed by atoms with Crippen molar-refractivity contribution in [3.05, 3.63) is 64.1 Å². The van der Waals surface area contributed by atoms with Crippen LogP contribution in [0.25, 0.3) is 11.0 Å². The number of nitrogens with zero attached hydrogens (tertiary/aromatic N) is 1. The smallest absolute Gasteiger partial charge is 0.315 e. The van der Waals surface area contributed by atoms with E-state index in [0.29, 0.717) is 35.1 Å². The molecule has 1 atom stereocenters. The minimum atomic E-state index is -0.560. The van der Waals surface area contributed by atoms with Gasteiger partial charge in [0.05, 0.1) is 22.7 Å². The first-order valence-corrected chi connectivity index (χ1v) is 11.8. The Bertz CT molecular complexity index is 1110. The molecule has 3 saturated carbocycles. The summed E-state index contributed by atoms with van der Waals surface area (Å²) in [5, 5.41) is 16.7. The summed E-state index contributed by atoms with van der Waals surface area (Å²) in [6, 6.07) is 11.8. The first-order chi connectivity index (χ1) is 15.3. The fraction of sp³-hybridized carbons (Fsp3) is 0.417. The Morgan fingerprint density at radius 1 is 1.16 bits per heavy atom. The average Bonchev–Trinajstić information content (AvgIpc) is 3.20. The molecule has 2 bridgehead atoms. The summed E-state index contributed by atoms with van der Waals surface area (Å²) in [5.74, 6) is 0.253. The summed E-state index contributed by atoms with van der Waals surface area (Å²) in [5.41, 5.74) is 1.32. The van der Waals surface area contributed by atoms with E-state index in [4.69, 9.17) is 0 Å². The molecule has 32 heavy (non-hydrogen) atoms. The average molecular weight is 501 g/mol. The Labute approximate surface area is 194 Å². The second kappa shape index (κ2) is 8.15. The third-order valence-corrected chi connectivity index (χ3v) is 7.56. The molecule has 6 nitrogen and oxygen atoms in total. The quantitative estimate of drug-likeness (QED) is 0.402. The standard InChI is InChI=1S/C24H26BrFN4O2/c25-16-6-5-15(17(26)14-16)13-20(21-27-18-3-1-2-4-19(18)28-21)29-22(31)30-23-7-10-24(32,11-8-23)12-9-23/h1-6,14,20,32H,7-13H2,(H,27,28)(H2,29,30,31). The topological polar surface area (TPSA) is 90.0 Å². The van der Waals surface area contributed by atoms with Gasteiger partial charge in [-0.3, -0.25) is 0 Å². The molecule has 0 spiro atoms. The molecule has 1 aromatic heterocycles. The molecule has 2 aromatic carbocycles. The molecule has 0 saturated heterocycles. The van der Waals surface area contributed by atoms with Gasteiger partial charge in [0.25, 0.3) is 0 Å². The number of rotatable bonds is 5. The Morgan fingerprint density at radius 2 is 1.88 bits per heavy atom. The highest BCUT2D eigenvalue weighted by Gasteiger charge is 2.48. The number of aromatic nitrogens is 2. The van der Waals surface area contributed by atoms with Gasteiger partial charge in [-0.05, 0) is 68.4 Å². The number of hydrogen-bond donors (Lipinski definition) is 4. The van der Waals surface area contributed by atoms with Gasteiger partial charge in [0, 0.05) is 16.4 Å². The van der Waals surface area contributed by atoms with Gasteiger partial charge in [-0.1, -0.05) is 34.1 Å². The molecule has 3 fully saturated rings. The number of hydrogen-bond acceptors (Lipinski definition) is 3. The first-order valence-electron chi connectivity index (χ1n) is 11.0. The molecule has 168 valence electrons. The highest BCUT2D eigenvalue weighted by Crippen LogP contribution is 2.46. The lowest BCUT2D eigenvalue weighted by Crippen LogP contribution is -2.60. The Morgan fingerprint density at radius 3 is 2.56 bits per heavy atom. The van der Waals surface area contributed by atoms with Crippen LogP contribution in [0.3, 0.4) is 0 Å². The molecule has 0 radical (unpaired) electrons. The van der Waals surface area contributed by atoms with Crippen molar-refractivity contribution in [1.82, 2.24) is 20.6 Å². The lowest BCUT2D eigenvalue weighted by Gasteiger charge is -2.51. The van der Waals surface area contributed by atoms with Crippen molar-refractivity contribution in [2.45, 2.75) is 62.1 Å². The monoisotopic (exact) mass is 500 g/mol. The van der Waals surface area contributed by atoms with Crippen LogP contribution >= 0.6 is 15.9 Å². The normalized spacial score (nSPS) is 25.6. The summed E-state index contributed by atoms with van der Waals surface area (Å²) in [6.45, 7) is 0. The number of aromatic amines is 1. The van der Waals surface area contributed by atoms with Gasteiger partial charge < -0.3 is 20.7 Å². The van der Waals surface area contributed by atoms with Crippen molar-refractivity contribution in [3.63, 3.8) is 0 Å². The zero-order valence-corrected chi connectivity index (χ0v) is 19.2. The van der Waals surface area contributed by atoms with Crippen LogP contribution in [-0.4, -0.2) is 32.2 Å². The molecule has 4 N–H and O–H groups in total. The molecular weight excluding hydrogens is 475 g/mol. The van der Waals surface area contributed by atoms with Gasteiger partial charge in [0.15, 0.2) is 0 Å². The van der Waals surface area contributed by atoms with Crippen LogP contribution in [0.1, 0.15) is 56.0 Å². The largest absolute Gasteiger partial charge is 0.390 e. The van der Waals surface area contributed by atoms with Gasteiger partial charge in [-0.15, -0.1) is 0 Å². The number of amides is 2. The number of aliphatic hydroxyl groups is 1. The fourth-order valence-corrected chi connectivity index (χ4v) is 5.38. The van der Waals surface area contributed by atoms with E-state index in [1.54, 1.807) is 12.1 Å². The van der Waals surface area contributed by atoms with Crippen molar-refractivity contribution in [2.75, 3.05) is 0 Å². The van der Waals surface area contributed by atoms with E-state index in [0.717, 1.165) is 30.3 Å². The maximum absolute atomic E-state index is 14.6. The molecule has 3 aliphatic carbocycles. The number of carbonyl (C=O) groups excluding carboxylic acids is 1. The van der Waals surface area contributed by atoms with Crippen molar-refractivity contribution in [1.29, 1.82) is 0 Å². The second-order valence-corrected chi connectivity index (χ2v) is 10.2. The zero-order chi connectivity index (χ0) is 22.3. The van der Waals surface area contributed by atoms with Crippen molar-refractivity contribution in [3.8, 4) is 0 Å². The number of para-hydroxylation sites is 2. The molecule has 1 unspecified atom stereocenters. The molecule has 8 heteroatoms. The highest BCUT2D eigenvalue weighted by atomic mass is 79.9. The van der Waals surface area contributed by atoms with E-state index < -0.39 is 11.6 Å². The van der Waals surface area contributed by atoms with E-state index in [1.165, 1.54) is 6.07 Å². The summed E-state index contributed by atoms with van der Waals surface area (Å²) in [4.78, 5) is 21.0. The van der Waals surface area contributed by atoms with Crippen molar-refractivity contribution >= 4 is 33.0 Å². The lowest BCUT2D eigenvalue weighted by molar-refractivity contribution is -0.0694. The van der Waals surface area contributed by atoms with Crippen molar-refractivity contribution < 1.29 is 14.3 Å². The maximum atomic E-state index is 14.6. The molecule has 1 heterocycles. The van der Waals surface area contributed by atoms with Gasteiger partial charge in [-0.25, -0.2) is 14.2 Å². The maximum Gasteiger partial charge on any atom is 0.315 e. The number of fused-ring (bicyclic) bond motifs is 4. The summed E-state index contributed by atoms with van der Waals surface area (Å²) in [7, 11) is 0. The van der Waals surface area contributed by atoms with E-state index in [1.807, 2.05) is 24.3 Å². The molecule has 2 amide bonds. The van der Waals surface area contributed by atoms with Crippen LogP contribution in [0, 0.1) is 5.82 Å². The number of H-pyrrole nitrogens is 1. The van der Waals surface area contributed by atoms with Gasteiger partial charge in [0.2, 0.25) is 0 Å². The second-order valence-electron chi connectivity index (χ2n) is 9.23. The first kappa shape index (κ1) is 21.4. The number of halogens is 2. The van der Waals surface area contributed by atoms with Crippen molar-refractivity contribution in [2.24, 2.45) is 0 Å². The number of urea groups is 1. The van der Waals surface area contributed by atoms with E-state index in [-0.39, 0.29) is 23.8 Å². The third-order valence-electron chi connectivity index (χ3n) is 7.07.